The summed E-state index contributed by atoms with van der Waals surface area (Å²) in [6.45, 7) is 3.70. The molecular weight excluding hydrogens is 290 g/mol. The molecule has 0 bridgehead atoms. The SMILES string of the molecule is CCNC1C(=O)Nc2cc(N3CCS(=O)(=O)CC3)ccc21. The molecule has 0 aliphatic carbocycles. The van der Waals surface area contributed by atoms with E-state index in [1.54, 1.807) is 0 Å². The van der Waals surface area contributed by atoms with Gasteiger partial charge in [-0.1, -0.05) is 13.0 Å². The molecule has 0 spiro atoms. The Bertz CT molecular complexity index is 658. The second-order valence-corrected chi connectivity index (χ2v) is 7.69. The van der Waals surface area contributed by atoms with Crippen molar-refractivity contribution in [1.29, 1.82) is 0 Å². The number of nitrogens with one attached hydrogen (secondary N) is 2. The fourth-order valence-corrected chi connectivity index (χ4v) is 4.03. The van der Waals surface area contributed by atoms with Gasteiger partial charge in [-0.05, 0) is 18.7 Å². The van der Waals surface area contributed by atoms with Gasteiger partial charge in [-0.2, -0.15) is 0 Å². The number of benzene rings is 1. The normalized spacial score (nSPS) is 23.8. The second-order valence-electron chi connectivity index (χ2n) is 5.39. The number of amides is 1. The summed E-state index contributed by atoms with van der Waals surface area (Å²) in [7, 11) is -2.88. The minimum absolute atomic E-state index is 0.0368. The number of nitrogens with zero attached hydrogens (tertiary/aromatic N) is 1. The molecule has 2 heterocycles. The van der Waals surface area contributed by atoms with Crippen LogP contribution in [0.1, 0.15) is 18.5 Å². The molecule has 3 rings (SSSR count). The minimum Gasteiger partial charge on any atom is -0.369 e. The summed E-state index contributed by atoms with van der Waals surface area (Å²) in [5, 5.41) is 6.04. The first-order valence-electron chi connectivity index (χ1n) is 7.14. The standard InChI is InChI=1S/C14H19N3O3S/c1-2-15-13-11-4-3-10(9-12(11)16-14(13)18)17-5-7-21(19,20)8-6-17/h3-4,9,13,15H,2,5-8H2,1H3,(H,16,18). The zero-order chi connectivity index (χ0) is 15.0. The van der Waals surface area contributed by atoms with E-state index in [0.29, 0.717) is 13.1 Å². The van der Waals surface area contributed by atoms with E-state index < -0.39 is 9.84 Å². The van der Waals surface area contributed by atoms with E-state index in [0.717, 1.165) is 23.5 Å². The van der Waals surface area contributed by atoms with Crippen molar-refractivity contribution in [2.24, 2.45) is 0 Å². The topological polar surface area (TPSA) is 78.5 Å². The van der Waals surface area contributed by atoms with E-state index in [1.165, 1.54) is 0 Å². The Morgan fingerprint density at radius 1 is 1.33 bits per heavy atom. The molecule has 1 aromatic rings. The molecule has 1 saturated heterocycles. The first-order valence-corrected chi connectivity index (χ1v) is 8.96. The molecule has 1 unspecified atom stereocenters. The van der Waals surface area contributed by atoms with Gasteiger partial charge in [0, 0.05) is 30.0 Å². The molecule has 0 radical (unpaired) electrons. The largest absolute Gasteiger partial charge is 0.369 e. The number of hydrogen-bond acceptors (Lipinski definition) is 5. The predicted molar refractivity (Wildman–Crippen MR) is 82.4 cm³/mol. The summed E-state index contributed by atoms with van der Waals surface area (Å²) in [5.74, 6) is 0.345. The van der Waals surface area contributed by atoms with E-state index in [4.69, 9.17) is 0 Å². The fourth-order valence-electron chi connectivity index (χ4n) is 2.82. The van der Waals surface area contributed by atoms with Gasteiger partial charge in [-0.3, -0.25) is 4.79 Å². The lowest BCUT2D eigenvalue weighted by Crippen LogP contribution is -2.40. The smallest absolute Gasteiger partial charge is 0.246 e. The van der Waals surface area contributed by atoms with E-state index in [9.17, 15) is 13.2 Å². The molecule has 0 saturated carbocycles. The Labute approximate surface area is 124 Å². The maximum Gasteiger partial charge on any atom is 0.246 e. The highest BCUT2D eigenvalue weighted by atomic mass is 32.2. The van der Waals surface area contributed by atoms with E-state index >= 15 is 0 Å². The van der Waals surface area contributed by atoms with Crippen LogP contribution in [0.3, 0.4) is 0 Å². The van der Waals surface area contributed by atoms with Gasteiger partial charge in [-0.25, -0.2) is 8.42 Å². The second kappa shape index (κ2) is 5.31. The monoisotopic (exact) mass is 309 g/mol. The molecule has 21 heavy (non-hydrogen) atoms. The number of carbonyl (C=O) groups excluding carboxylic acids is 1. The molecular formula is C14H19N3O3S. The van der Waals surface area contributed by atoms with Gasteiger partial charge < -0.3 is 15.5 Å². The van der Waals surface area contributed by atoms with Crippen molar-refractivity contribution in [2.45, 2.75) is 13.0 Å². The Morgan fingerprint density at radius 3 is 2.71 bits per heavy atom. The predicted octanol–water partition coefficient (Wildman–Crippen LogP) is 0.524. The number of sulfone groups is 1. The van der Waals surface area contributed by atoms with Crippen molar-refractivity contribution in [3.05, 3.63) is 23.8 Å². The quantitative estimate of drug-likeness (QED) is 0.851. The number of anilines is 2. The van der Waals surface area contributed by atoms with Crippen LogP contribution < -0.4 is 15.5 Å². The molecule has 1 atom stereocenters. The first-order chi connectivity index (χ1) is 10.00. The molecule has 1 aromatic carbocycles. The summed E-state index contributed by atoms with van der Waals surface area (Å²) < 4.78 is 23.0. The van der Waals surface area contributed by atoms with Gasteiger partial charge in [-0.15, -0.1) is 0 Å². The van der Waals surface area contributed by atoms with Crippen LogP contribution in [0.5, 0.6) is 0 Å². The van der Waals surface area contributed by atoms with Crippen LogP contribution in [-0.4, -0.2) is 45.5 Å². The summed E-state index contributed by atoms with van der Waals surface area (Å²) in [5.41, 5.74) is 2.73. The zero-order valence-electron chi connectivity index (χ0n) is 11.9. The minimum atomic E-state index is -2.88. The molecule has 1 amide bonds. The van der Waals surface area contributed by atoms with Gasteiger partial charge in [0.2, 0.25) is 5.91 Å². The van der Waals surface area contributed by atoms with Crippen LogP contribution in [0.2, 0.25) is 0 Å². The molecule has 2 aliphatic rings. The molecule has 7 heteroatoms. The number of likely N-dealkylation sites (N-methyl/N-ethyl adjacent to an activating group) is 1. The molecule has 2 aliphatic heterocycles. The van der Waals surface area contributed by atoms with Crippen LogP contribution in [0.4, 0.5) is 11.4 Å². The third kappa shape index (κ3) is 2.75. The average Bonchev–Trinajstić information content (AvgIpc) is 2.75. The van der Waals surface area contributed by atoms with Crippen molar-refractivity contribution in [1.82, 2.24) is 5.32 Å². The van der Waals surface area contributed by atoms with Crippen molar-refractivity contribution >= 4 is 27.1 Å². The maximum absolute atomic E-state index is 11.9. The highest BCUT2D eigenvalue weighted by Gasteiger charge is 2.30. The molecule has 1 fully saturated rings. The van der Waals surface area contributed by atoms with Crippen LogP contribution in [-0.2, 0) is 14.6 Å². The maximum atomic E-state index is 11.9. The highest BCUT2D eigenvalue weighted by molar-refractivity contribution is 7.91. The fraction of sp³-hybridized carbons (Fsp3) is 0.500. The summed E-state index contributed by atoms with van der Waals surface area (Å²) in [6, 6.07) is 5.55. The zero-order valence-corrected chi connectivity index (χ0v) is 12.7. The van der Waals surface area contributed by atoms with Crippen molar-refractivity contribution in [3.63, 3.8) is 0 Å². The Morgan fingerprint density at radius 2 is 2.05 bits per heavy atom. The van der Waals surface area contributed by atoms with Gasteiger partial charge in [0.25, 0.3) is 0 Å². The lowest BCUT2D eigenvalue weighted by Gasteiger charge is -2.29. The first kappa shape index (κ1) is 14.3. The van der Waals surface area contributed by atoms with E-state index in [2.05, 4.69) is 10.6 Å². The highest BCUT2D eigenvalue weighted by Crippen LogP contribution is 2.34. The number of hydrogen-bond donors (Lipinski definition) is 2. The molecule has 114 valence electrons. The third-order valence-electron chi connectivity index (χ3n) is 3.99. The van der Waals surface area contributed by atoms with Crippen molar-refractivity contribution < 1.29 is 13.2 Å². The lowest BCUT2D eigenvalue weighted by atomic mass is 10.1. The van der Waals surface area contributed by atoms with Gasteiger partial charge >= 0.3 is 0 Å². The van der Waals surface area contributed by atoms with E-state index in [-0.39, 0.29) is 23.5 Å². The van der Waals surface area contributed by atoms with Crippen LogP contribution >= 0.6 is 0 Å². The van der Waals surface area contributed by atoms with Crippen LogP contribution in [0, 0.1) is 0 Å². The Balaban J connectivity index is 1.82. The Kier molecular flexibility index (Phi) is 3.62. The van der Waals surface area contributed by atoms with E-state index in [1.807, 2.05) is 30.0 Å². The molecule has 0 aromatic heterocycles. The Hall–Kier alpha value is -1.60. The van der Waals surface area contributed by atoms with Gasteiger partial charge in [0.15, 0.2) is 9.84 Å². The third-order valence-corrected chi connectivity index (χ3v) is 5.59. The summed E-state index contributed by atoms with van der Waals surface area (Å²) >= 11 is 0. The number of carbonyl (C=O) groups is 1. The van der Waals surface area contributed by atoms with Crippen molar-refractivity contribution in [2.75, 3.05) is 41.4 Å². The summed E-state index contributed by atoms with van der Waals surface area (Å²) in [4.78, 5) is 14.0. The van der Waals surface area contributed by atoms with Crippen LogP contribution in [0.25, 0.3) is 0 Å². The molecule has 6 nitrogen and oxygen atoms in total. The van der Waals surface area contributed by atoms with Crippen molar-refractivity contribution in [3.8, 4) is 0 Å². The van der Waals surface area contributed by atoms with Crippen LogP contribution in [0.15, 0.2) is 18.2 Å². The summed E-state index contributed by atoms with van der Waals surface area (Å²) in [6.07, 6.45) is 0. The molecule has 2 N–H and O–H groups in total. The number of rotatable bonds is 3. The van der Waals surface area contributed by atoms with Gasteiger partial charge in [0.05, 0.1) is 11.5 Å². The number of fused-ring (bicyclic) bond motifs is 1. The van der Waals surface area contributed by atoms with Gasteiger partial charge in [0.1, 0.15) is 6.04 Å². The average molecular weight is 309 g/mol. The lowest BCUT2D eigenvalue weighted by molar-refractivity contribution is -0.117.